The molecule has 0 bridgehead atoms. The van der Waals surface area contributed by atoms with E-state index in [2.05, 4.69) is 0 Å². The topological polar surface area (TPSA) is 72.9 Å². The van der Waals surface area contributed by atoms with Gasteiger partial charge in [0.1, 0.15) is 16.4 Å². The fraction of sp³-hybridized carbons (Fsp3) is 0.316. The van der Waals surface area contributed by atoms with E-state index in [1.54, 1.807) is 18.2 Å². The van der Waals surface area contributed by atoms with Gasteiger partial charge in [0.2, 0.25) is 10.0 Å². The number of hydrogen-bond acceptors (Lipinski definition) is 5. The SMILES string of the molecule is COc1ccc(C(=O)Oc2cccc(C)c2)cc1S(=O)(=O)N1CCCC1. The number of esters is 1. The molecule has 0 aliphatic carbocycles. The highest BCUT2D eigenvalue weighted by Gasteiger charge is 2.30. The summed E-state index contributed by atoms with van der Waals surface area (Å²) in [6.45, 7) is 2.85. The lowest BCUT2D eigenvalue weighted by molar-refractivity contribution is 0.0734. The number of sulfonamides is 1. The average molecular weight is 375 g/mol. The van der Waals surface area contributed by atoms with Crippen LogP contribution in [0.25, 0.3) is 0 Å². The van der Waals surface area contributed by atoms with E-state index < -0.39 is 16.0 Å². The molecule has 1 aliphatic rings. The molecule has 1 heterocycles. The van der Waals surface area contributed by atoms with Gasteiger partial charge in [-0.15, -0.1) is 0 Å². The summed E-state index contributed by atoms with van der Waals surface area (Å²) in [4.78, 5) is 12.4. The standard InChI is InChI=1S/C19H21NO5S/c1-14-6-5-7-16(12-14)25-19(21)15-8-9-17(24-2)18(13-15)26(22,23)20-10-3-4-11-20/h5-9,12-13H,3-4,10-11H2,1-2H3. The average Bonchev–Trinajstić information content (AvgIpc) is 3.16. The van der Waals surface area contributed by atoms with Gasteiger partial charge in [0.15, 0.2) is 0 Å². The fourth-order valence-corrected chi connectivity index (χ4v) is 4.62. The molecule has 1 saturated heterocycles. The first kappa shape index (κ1) is 18.4. The second kappa shape index (κ2) is 7.47. The smallest absolute Gasteiger partial charge is 0.343 e. The summed E-state index contributed by atoms with van der Waals surface area (Å²) in [5, 5.41) is 0. The predicted molar refractivity (Wildman–Crippen MR) is 97.1 cm³/mol. The Hall–Kier alpha value is -2.38. The van der Waals surface area contributed by atoms with Gasteiger partial charge in [-0.3, -0.25) is 0 Å². The van der Waals surface area contributed by atoms with Gasteiger partial charge in [0.05, 0.1) is 12.7 Å². The van der Waals surface area contributed by atoms with Gasteiger partial charge >= 0.3 is 5.97 Å². The van der Waals surface area contributed by atoms with E-state index in [1.807, 2.05) is 13.0 Å². The van der Waals surface area contributed by atoms with Crippen molar-refractivity contribution in [1.82, 2.24) is 4.31 Å². The van der Waals surface area contributed by atoms with Crippen LogP contribution in [0.15, 0.2) is 47.4 Å². The van der Waals surface area contributed by atoms with Crippen molar-refractivity contribution in [2.75, 3.05) is 20.2 Å². The lowest BCUT2D eigenvalue weighted by Gasteiger charge is -2.18. The second-order valence-electron chi connectivity index (χ2n) is 6.18. The van der Waals surface area contributed by atoms with Crippen LogP contribution < -0.4 is 9.47 Å². The van der Waals surface area contributed by atoms with E-state index in [-0.39, 0.29) is 16.2 Å². The van der Waals surface area contributed by atoms with Crippen molar-refractivity contribution >= 4 is 16.0 Å². The van der Waals surface area contributed by atoms with E-state index in [9.17, 15) is 13.2 Å². The summed E-state index contributed by atoms with van der Waals surface area (Å²) in [5.41, 5.74) is 1.12. The van der Waals surface area contributed by atoms with Gasteiger partial charge in [-0.1, -0.05) is 12.1 Å². The molecule has 0 unspecified atom stereocenters. The number of carbonyl (C=O) groups is 1. The molecule has 138 valence electrons. The molecule has 2 aromatic carbocycles. The minimum atomic E-state index is -3.72. The number of hydrogen-bond donors (Lipinski definition) is 0. The summed E-state index contributed by atoms with van der Waals surface area (Å²) >= 11 is 0. The number of rotatable bonds is 5. The summed E-state index contributed by atoms with van der Waals surface area (Å²) in [7, 11) is -2.31. The molecular weight excluding hydrogens is 354 g/mol. The first-order valence-electron chi connectivity index (χ1n) is 8.39. The maximum absolute atomic E-state index is 12.9. The Kier molecular flexibility index (Phi) is 5.29. The van der Waals surface area contributed by atoms with Crippen molar-refractivity contribution in [2.45, 2.75) is 24.7 Å². The van der Waals surface area contributed by atoms with Crippen LogP contribution in [0.2, 0.25) is 0 Å². The molecule has 0 spiro atoms. The maximum Gasteiger partial charge on any atom is 0.343 e. The Balaban J connectivity index is 1.93. The van der Waals surface area contributed by atoms with Gasteiger partial charge in [-0.05, 0) is 55.7 Å². The van der Waals surface area contributed by atoms with Gasteiger partial charge in [0.25, 0.3) is 0 Å². The van der Waals surface area contributed by atoms with Gasteiger partial charge in [0, 0.05) is 13.1 Å². The predicted octanol–water partition coefficient (Wildman–Crippen LogP) is 3.01. The molecule has 0 radical (unpaired) electrons. The van der Waals surface area contributed by atoms with Crippen LogP contribution >= 0.6 is 0 Å². The number of ether oxygens (including phenoxy) is 2. The highest BCUT2D eigenvalue weighted by Crippen LogP contribution is 2.30. The fourth-order valence-electron chi connectivity index (χ4n) is 2.92. The molecule has 7 heteroatoms. The van der Waals surface area contributed by atoms with Crippen LogP contribution in [0.3, 0.4) is 0 Å². The van der Waals surface area contributed by atoms with Crippen molar-refractivity contribution in [3.05, 3.63) is 53.6 Å². The van der Waals surface area contributed by atoms with Crippen molar-refractivity contribution in [3.63, 3.8) is 0 Å². The summed E-state index contributed by atoms with van der Waals surface area (Å²) < 4.78 is 37.8. The third-order valence-electron chi connectivity index (χ3n) is 4.28. The number of methoxy groups -OCH3 is 1. The van der Waals surface area contributed by atoms with Gasteiger partial charge in [-0.25, -0.2) is 13.2 Å². The molecule has 0 N–H and O–H groups in total. The van der Waals surface area contributed by atoms with E-state index in [1.165, 1.54) is 29.6 Å². The second-order valence-corrected chi connectivity index (χ2v) is 8.09. The van der Waals surface area contributed by atoms with Crippen LogP contribution in [0.1, 0.15) is 28.8 Å². The Morgan fingerprint density at radius 3 is 2.46 bits per heavy atom. The Bertz CT molecular complexity index is 917. The highest BCUT2D eigenvalue weighted by molar-refractivity contribution is 7.89. The number of carbonyl (C=O) groups excluding carboxylic acids is 1. The largest absolute Gasteiger partial charge is 0.495 e. The lowest BCUT2D eigenvalue weighted by atomic mass is 10.2. The van der Waals surface area contributed by atoms with Crippen molar-refractivity contribution < 1.29 is 22.7 Å². The molecule has 1 aliphatic heterocycles. The quantitative estimate of drug-likeness (QED) is 0.593. The molecule has 3 rings (SSSR count). The molecule has 0 aromatic heterocycles. The van der Waals surface area contributed by atoms with Crippen LogP contribution in [-0.4, -0.2) is 38.9 Å². The summed E-state index contributed by atoms with van der Waals surface area (Å²) in [6.07, 6.45) is 1.66. The third-order valence-corrected chi connectivity index (χ3v) is 6.20. The molecule has 0 atom stereocenters. The minimum absolute atomic E-state index is 0.0133. The van der Waals surface area contributed by atoms with Crippen molar-refractivity contribution in [2.24, 2.45) is 0 Å². The van der Waals surface area contributed by atoms with Crippen LogP contribution in [0, 0.1) is 6.92 Å². The minimum Gasteiger partial charge on any atom is -0.495 e. The zero-order valence-corrected chi connectivity index (χ0v) is 15.6. The van der Waals surface area contributed by atoms with E-state index in [0.29, 0.717) is 18.8 Å². The Morgan fingerprint density at radius 1 is 1.08 bits per heavy atom. The summed E-state index contributed by atoms with van der Waals surface area (Å²) in [5.74, 6) is 0.00917. The summed E-state index contributed by atoms with van der Waals surface area (Å²) in [6, 6.07) is 11.4. The lowest BCUT2D eigenvalue weighted by Crippen LogP contribution is -2.28. The number of aryl methyl sites for hydroxylation is 1. The molecule has 1 fully saturated rings. The maximum atomic E-state index is 12.9. The van der Waals surface area contributed by atoms with Gasteiger partial charge < -0.3 is 9.47 Å². The van der Waals surface area contributed by atoms with Crippen LogP contribution in [-0.2, 0) is 10.0 Å². The van der Waals surface area contributed by atoms with E-state index >= 15 is 0 Å². The molecule has 26 heavy (non-hydrogen) atoms. The molecule has 6 nitrogen and oxygen atoms in total. The van der Waals surface area contributed by atoms with E-state index in [4.69, 9.17) is 9.47 Å². The van der Waals surface area contributed by atoms with Crippen molar-refractivity contribution in [1.29, 1.82) is 0 Å². The molecule has 0 amide bonds. The Morgan fingerprint density at radius 2 is 1.81 bits per heavy atom. The number of benzene rings is 2. The van der Waals surface area contributed by atoms with Crippen molar-refractivity contribution in [3.8, 4) is 11.5 Å². The molecular formula is C19H21NO5S. The highest BCUT2D eigenvalue weighted by atomic mass is 32.2. The Labute approximate surface area is 153 Å². The third kappa shape index (κ3) is 3.73. The zero-order chi connectivity index (χ0) is 18.7. The first-order chi connectivity index (χ1) is 12.4. The number of nitrogens with zero attached hydrogens (tertiary/aromatic N) is 1. The first-order valence-corrected chi connectivity index (χ1v) is 9.83. The van der Waals surface area contributed by atoms with E-state index in [0.717, 1.165) is 18.4 Å². The van der Waals surface area contributed by atoms with Crippen LogP contribution in [0.4, 0.5) is 0 Å². The zero-order valence-electron chi connectivity index (χ0n) is 14.8. The molecule has 0 saturated carbocycles. The molecule has 2 aromatic rings. The van der Waals surface area contributed by atoms with Gasteiger partial charge in [-0.2, -0.15) is 4.31 Å². The normalized spacial score (nSPS) is 15.0. The monoisotopic (exact) mass is 375 g/mol. The van der Waals surface area contributed by atoms with Crippen LogP contribution in [0.5, 0.6) is 11.5 Å².